The number of nitrogens with one attached hydrogen (secondary N) is 2. The maximum Gasteiger partial charge on any atom is 0.490 e. The largest absolute Gasteiger partial charge is 0.490 e. The standard InChI is InChI=1S/C23H19N5O4.C2HF3O2/c1-32-22(30)27-21-25-18-10-9-13(11-19(18)26-21)23(31)17-8-3-2-7-16(17)20(29)28(23)15-6-4-5-14(24)12-15;3-2(4,5)1(6)7/h2-12,31H,24H2,1H3,(H2,25,26,27,30);(H,6,7). The van der Waals surface area contributed by atoms with Crippen LogP contribution in [0, 0.1) is 0 Å². The number of nitrogen functional groups attached to an aromatic ring is 1. The Balaban J connectivity index is 0.000000448. The summed E-state index contributed by atoms with van der Waals surface area (Å²) in [6.45, 7) is 0. The monoisotopic (exact) mass is 543 g/mol. The van der Waals surface area contributed by atoms with Gasteiger partial charge in [-0.2, -0.15) is 13.2 Å². The van der Waals surface area contributed by atoms with Gasteiger partial charge in [-0.15, -0.1) is 0 Å². The summed E-state index contributed by atoms with van der Waals surface area (Å²) in [6, 6.07) is 18.8. The molecule has 5 rings (SSSR count). The SMILES string of the molecule is COC(=O)Nc1nc2ccc(C3(O)c4ccccc4C(=O)N3c3cccc(N)c3)cc2[nH]1.O=C(O)C(F)(F)F. The van der Waals surface area contributed by atoms with Gasteiger partial charge in [-0.25, -0.2) is 14.6 Å². The van der Waals surface area contributed by atoms with E-state index in [-0.39, 0.29) is 11.9 Å². The number of H-pyrrole nitrogens is 1. The molecule has 39 heavy (non-hydrogen) atoms. The Hall–Kier alpha value is -5.11. The van der Waals surface area contributed by atoms with Crippen LogP contribution >= 0.6 is 0 Å². The highest BCUT2D eigenvalue weighted by molar-refractivity contribution is 6.12. The third-order valence-electron chi connectivity index (χ3n) is 5.72. The minimum Gasteiger partial charge on any atom is -0.475 e. The van der Waals surface area contributed by atoms with E-state index < -0.39 is 24.0 Å². The normalized spacial score (nSPS) is 16.3. The van der Waals surface area contributed by atoms with Crippen LogP contribution in [0.3, 0.4) is 0 Å². The molecule has 1 unspecified atom stereocenters. The van der Waals surface area contributed by atoms with Crippen molar-refractivity contribution >= 4 is 46.3 Å². The van der Waals surface area contributed by atoms with Gasteiger partial charge in [0.25, 0.3) is 5.91 Å². The molecule has 0 aliphatic carbocycles. The molecule has 2 amide bonds. The molecule has 11 nitrogen and oxygen atoms in total. The molecule has 6 N–H and O–H groups in total. The minimum atomic E-state index is -5.08. The minimum absolute atomic E-state index is 0.201. The number of aliphatic carboxylic acids is 1. The van der Waals surface area contributed by atoms with Gasteiger partial charge in [0.1, 0.15) is 0 Å². The fourth-order valence-corrected chi connectivity index (χ4v) is 4.05. The lowest BCUT2D eigenvalue weighted by molar-refractivity contribution is -0.192. The predicted molar refractivity (Wildman–Crippen MR) is 133 cm³/mol. The Kier molecular flexibility index (Phi) is 6.89. The summed E-state index contributed by atoms with van der Waals surface area (Å²) in [4.78, 5) is 42.4. The number of halogens is 3. The Morgan fingerprint density at radius 2 is 1.79 bits per heavy atom. The summed E-state index contributed by atoms with van der Waals surface area (Å²) < 4.78 is 36.3. The van der Waals surface area contributed by atoms with E-state index in [4.69, 9.17) is 15.6 Å². The van der Waals surface area contributed by atoms with Crippen LogP contribution in [0.5, 0.6) is 0 Å². The molecule has 3 aromatic carbocycles. The highest BCUT2D eigenvalue weighted by Crippen LogP contribution is 2.45. The zero-order chi connectivity index (χ0) is 28.5. The highest BCUT2D eigenvalue weighted by Gasteiger charge is 2.50. The number of alkyl halides is 3. The molecule has 0 saturated carbocycles. The quantitative estimate of drug-likeness (QED) is 0.243. The molecule has 14 heteroatoms. The fraction of sp³-hybridized carbons (Fsp3) is 0.120. The van der Waals surface area contributed by atoms with Crippen molar-refractivity contribution in [3.8, 4) is 0 Å². The molecular formula is C25H20F3N5O6. The fourth-order valence-electron chi connectivity index (χ4n) is 4.05. The number of anilines is 3. The number of carboxylic acids is 1. The first-order chi connectivity index (χ1) is 18.4. The second-order valence-electron chi connectivity index (χ2n) is 8.19. The Morgan fingerprint density at radius 3 is 2.44 bits per heavy atom. The maximum absolute atomic E-state index is 13.4. The number of carbonyl (C=O) groups is 3. The smallest absolute Gasteiger partial charge is 0.475 e. The maximum atomic E-state index is 13.4. The molecule has 0 radical (unpaired) electrons. The van der Waals surface area contributed by atoms with Crippen molar-refractivity contribution in [3.63, 3.8) is 0 Å². The lowest BCUT2D eigenvalue weighted by Crippen LogP contribution is -2.45. The van der Waals surface area contributed by atoms with E-state index >= 15 is 0 Å². The number of benzene rings is 3. The van der Waals surface area contributed by atoms with Crippen molar-refractivity contribution in [1.82, 2.24) is 9.97 Å². The number of aromatic amines is 1. The van der Waals surface area contributed by atoms with Gasteiger partial charge >= 0.3 is 18.2 Å². The molecule has 2 heterocycles. The molecule has 202 valence electrons. The molecule has 1 atom stereocenters. The second kappa shape index (κ2) is 9.98. The van der Waals surface area contributed by atoms with Crippen molar-refractivity contribution in [2.45, 2.75) is 11.9 Å². The lowest BCUT2D eigenvalue weighted by Gasteiger charge is -2.35. The van der Waals surface area contributed by atoms with E-state index in [1.165, 1.54) is 12.0 Å². The number of nitrogens with two attached hydrogens (primary N) is 1. The lowest BCUT2D eigenvalue weighted by atomic mass is 9.93. The van der Waals surface area contributed by atoms with Crippen LogP contribution < -0.4 is 16.0 Å². The van der Waals surface area contributed by atoms with Gasteiger partial charge in [0, 0.05) is 28.1 Å². The second-order valence-corrected chi connectivity index (χ2v) is 8.19. The van der Waals surface area contributed by atoms with E-state index in [9.17, 15) is 27.9 Å². The van der Waals surface area contributed by atoms with Crippen LogP contribution in [0.2, 0.25) is 0 Å². The van der Waals surface area contributed by atoms with Crippen molar-refractivity contribution < 1.29 is 42.5 Å². The first-order valence-electron chi connectivity index (χ1n) is 11.0. The summed E-state index contributed by atoms with van der Waals surface area (Å²) >= 11 is 0. The first-order valence-corrected chi connectivity index (χ1v) is 11.0. The van der Waals surface area contributed by atoms with Crippen molar-refractivity contribution in [1.29, 1.82) is 0 Å². The van der Waals surface area contributed by atoms with Gasteiger partial charge in [0.05, 0.1) is 18.1 Å². The van der Waals surface area contributed by atoms with E-state index in [0.29, 0.717) is 39.1 Å². The number of carboxylic acid groups (broad SMARTS) is 1. The van der Waals surface area contributed by atoms with Crippen molar-refractivity contribution in [3.05, 3.63) is 83.4 Å². The van der Waals surface area contributed by atoms with E-state index in [2.05, 4.69) is 20.0 Å². The summed E-state index contributed by atoms with van der Waals surface area (Å²) in [5.74, 6) is -2.90. The van der Waals surface area contributed by atoms with Gasteiger partial charge in [-0.05, 0) is 36.4 Å². The zero-order valence-electron chi connectivity index (χ0n) is 20.0. The van der Waals surface area contributed by atoms with Crippen molar-refractivity contribution in [2.24, 2.45) is 0 Å². The highest BCUT2D eigenvalue weighted by atomic mass is 19.4. The number of hydrogen-bond donors (Lipinski definition) is 5. The number of rotatable bonds is 3. The molecule has 1 aromatic heterocycles. The number of aromatic nitrogens is 2. The van der Waals surface area contributed by atoms with Crippen LogP contribution in [-0.2, 0) is 15.3 Å². The molecule has 4 aromatic rings. The van der Waals surface area contributed by atoms with E-state index in [1.54, 1.807) is 66.7 Å². The number of methoxy groups -OCH3 is 1. The Morgan fingerprint density at radius 1 is 1.10 bits per heavy atom. The van der Waals surface area contributed by atoms with Gasteiger partial charge in [0.2, 0.25) is 5.95 Å². The first kappa shape index (κ1) is 26.9. The van der Waals surface area contributed by atoms with Gasteiger partial charge in [-0.3, -0.25) is 15.0 Å². The molecule has 0 fully saturated rings. The Labute approximate surface area is 217 Å². The van der Waals surface area contributed by atoms with Crippen LogP contribution in [-0.4, -0.2) is 51.4 Å². The number of aliphatic hydroxyl groups is 1. The summed E-state index contributed by atoms with van der Waals surface area (Å²) in [7, 11) is 1.26. The van der Waals surface area contributed by atoms with Crippen LogP contribution in [0.15, 0.2) is 66.7 Å². The van der Waals surface area contributed by atoms with Gasteiger partial charge < -0.3 is 25.7 Å². The van der Waals surface area contributed by atoms with E-state index in [1.807, 2.05) is 0 Å². The number of imidazole rings is 1. The van der Waals surface area contributed by atoms with Crippen LogP contribution in [0.1, 0.15) is 21.5 Å². The Bertz CT molecular complexity index is 1590. The molecule has 1 aliphatic rings. The molecular weight excluding hydrogens is 523 g/mol. The molecule has 1 aliphatic heterocycles. The van der Waals surface area contributed by atoms with E-state index in [0.717, 1.165) is 0 Å². The number of carbonyl (C=O) groups excluding carboxylic acids is 2. The van der Waals surface area contributed by atoms with Gasteiger partial charge in [0.15, 0.2) is 5.72 Å². The molecule has 0 spiro atoms. The number of amides is 2. The topological polar surface area (TPSA) is 171 Å². The third-order valence-corrected chi connectivity index (χ3v) is 5.72. The number of hydrogen-bond acceptors (Lipinski definition) is 7. The number of ether oxygens (including phenoxy) is 1. The zero-order valence-corrected chi connectivity index (χ0v) is 20.0. The van der Waals surface area contributed by atoms with Crippen LogP contribution in [0.25, 0.3) is 11.0 Å². The van der Waals surface area contributed by atoms with Gasteiger partial charge in [-0.1, -0.05) is 30.3 Å². The predicted octanol–water partition coefficient (Wildman–Crippen LogP) is 3.81. The average Bonchev–Trinajstić information content (AvgIpc) is 3.39. The number of fused-ring (bicyclic) bond motifs is 2. The molecule has 0 saturated heterocycles. The molecule has 0 bridgehead atoms. The number of nitrogens with zero attached hydrogens (tertiary/aromatic N) is 2. The summed E-state index contributed by atoms with van der Waals surface area (Å²) in [5, 5.41) is 21.7. The third kappa shape index (κ3) is 5.04. The average molecular weight is 543 g/mol. The van der Waals surface area contributed by atoms with Crippen LogP contribution in [0.4, 0.5) is 35.3 Å². The van der Waals surface area contributed by atoms with Crippen molar-refractivity contribution in [2.75, 3.05) is 23.1 Å². The summed E-state index contributed by atoms with van der Waals surface area (Å²) in [5.41, 5.74) is 7.53. The summed E-state index contributed by atoms with van der Waals surface area (Å²) in [6.07, 6.45) is -5.74.